The molecular weight excluding hydrogens is 228 g/mol. The Morgan fingerprint density at radius 2 is 1.94 bits per heavy atom. The van der Waals surface area contributed by atoms with Crippen molar-refractivity contribution < 1.29 is 4.42 Å². The molecule has 2 heterocycles. The average Bonchev–Trinajstić information content (AvgIpc) is 2.77. The van der Waals surface area contributed by atoms with Crippen LogP contribution in [0.15, 0.2) is 4.42 Å². The molecule has 1 aliphatic rings. The number of piperidine rings is 1. The number of nitrogens with zero attached hydrogens (tertiary/aromatic N) is 3. The van der Waals surface area contributed by atoms with Crippen LogP contribution in [0.5, 0.6) is 0 Å². The normalized spacial score (nSPS) is 18.3. The summed E-state index contributed by atoms with van der Waals surface area (Å²) in [6, 6.07) is 0.658. The van der Waals surface area contributed by atoms with Gasteiger partial charge in [0.05, 0.1) is 0 Å². The number of hydrogen-bond acceptors (Lipinski definition) is 5. The van der Waals surface area contributed by atoms with Gasteiger partial charge in [-0.1, -0.05) is 25.9 Å². The van der Waals surface area contributed by atoms with Crippen molar-refractivity contribution in [2.75, 3.05) is 24.5 Å². The van der Waals surface area contributed by atoms with Gasteiger partial charge in [-0.05, 0) is 24.2 Å². The molecule has 18 heavy (non-hydrogen) atoms. The van der Waals surface area contributed by atoms with E-state index in [4.69, 9.17) is 10.2 Å². The number of rotatable bonds is 3. The highest BCUT2D eigenvalue weighted by atomic mass is 16.4. The fourth-order valence-electron chi connectivity index (χ4n) is 2.53. The van der Waals surface area contributed by atoms with Crippen LogP contribution in [-0.4, -0.2) is 29.8 Å². The lowest BCUT2D eigenvalue weighted by molar-refractivity contribution is 0.196. The van der Waals surface area contributed by atoms with Gasteiger partial charge in [0, 0.05) is 26.1 Å². The maximum Gasteiger partial charge on any atom is 0.318 e. The van der Waals surface area contributed by atoms with Gasteiger partial charge in [0.25, 0.3) is 0 Å². The molecule has 0 saturated carbocycles. The van der Waals surface area contributed by atoms with E-state index in [1.807, 2.05) is 0 Å². The average molecular weight is 252 g/mol. The predicted octanol–water partition coefficient (Wildman–Crippen LogP) is 1.83. The van der Waals surface area contributed by atoms with Crippen molar-refractivity contribution in [3.8, 4) is 0 Å². The Balaban J connectivity index is 1.92. The molecule has 1 fully saturated rings. The van der Waals surface area contributed by atoms with E-state index in [0.717, 1.165) is 19.0 Å². The van der Waals surface area contributed by atoms with E-state index in [-0.39, 0.29) is 0 Å². The summed E-state index contributed by atoms with van der Waals surface area (Å²) in [7, 11) is 0. The zero-order chi connectivity index (χ0) is 13.2. The highest BCUT2D eigenvalue weighted by Crippen LogP contribution is 2.35. The Morgan fingerprint density at radius 1 is 1.28 bits per heavy atom. The van der Waals surface area contributed by atoms with Gasteiger partial charge in [-0.25, -0.2) is 0 Å². The molecule has 0 spiro atoms. The first-order valence-electron chi connectivity index (χ1n) is 6.78. The van der Waals surface area contributed by atoms with Crippen LogP contribution in [0, 0.1) is 11.3 Å². The number of anilines is 1. The van der Waals surface area contributed by atoms with Crippen molar-refractivity contribution in [2.45, 2.75) is 40.0 Å². The van der Waals surface area contributed by atoms with Crippen LogP contribution in [0.3, 0.4) is 0 Å². The van der Waals surface area contributed by atoms with Crippen molar-refractivity contribution in [1.29, 1.82) is 0 Å². The second-order valence-corrected chi connectivity index (χ2v) is 6.14. The third kappa shape index (κ3) is 3.02. The highest BCUT2D eigenvalue weighted by Gasteiger charge is 2.30. The van der Waals surface area contributed by atoms with Crippen molar-refractivity contribution in [2.24, 2.45) is 17.1 Å². The van der Waals surface area contributed by atoms with Gasteiger partial charge >= 0.3 is 6.01 Å². The van der Waals surface area contributed by atoms with E-state index < -0.39 is 0 Å². The van der Waals surface area contributed by atoms with Crippen LogP contribution >= 0.6 is 0 Å². The minimum absolute atomic E-state index is 0.394. The van der Waals surface area contributed by atoms with E-state index in [2.05, 4.69) is 35.9 Å². The molecular formula is C13H24N4O. The lowest BCUT2D eigenvalue weighted by Crippen LogP contribution is -2.38. The number of hydrogen-bond donors (Lipinski definition) is 1. The van der Waals surface area contributed by atoms with E-state index in [9.17, 15) is 0 Å². The smallest absolute Gasteiger partial charge is 0.318 e. The number of nitrogens with two attached hydrogens (primary N) is 1. The standard InChI is InChI=1S/C13H24N4O/c1-13(2,3)10-5-8-17(9-6-10)12-16-15-11(18-12)4-7-14/h10H,4-9,14H2,1-3H3. The zero-order valence-electron chi connectivity index (χ0n) is 11.6. The highest BCUT2D eigenvalue weighted by molar-refractivity contribution is 5.25. The summed E-state index contributed by atoms with van der Waals surface area (Å²) in [6.07, 6.45) is 3.04. The van der Waals surface area contributed by atoms with Crippen molar-refractivity contribution in [3.63, 3.8) is 0 Å². The molecule has 1 aromatic heterocycles. The summed E-state index contributed by atoms with van der Waals surface area (Å²) < 4.78 is 5.61. The van der Waals surface area contributed by atoms with Crippen LogP contribution in [-0.2, 0) is 6.42 Å². The van der Waals surface area contributed by atoms with Gasteiger partial charge in [0.15, 0.2) is 0 Å². The topological polar surface area (TPSA) is 68.2 Å². The molecule has 102 valence electrons. The van der Waals surface area contributed by atoms with Crippen LogP contribution in [0.25, 0.3) is 0 Å². The minimum atomic E-state index is 0.394. The lowest BCUT2D eigenvalue weighted by atomic mass is 9.75. The van der Waals surface area contributed by atoms with Crippen molar-refractivity contribution in [3.05, 3.63) is 5.89 Å². The largest absolute Gasteiger partial charge is 0.408 e. The van der Waals surface area contributed by atoms with Crippen LogP contribution in [0.4, 0.5) is 6.01 Å². The molecule has 0 radical (unpaired) electrons. The predicted molar refractivity (Wildman–Crippen MR) is 71.4 cm³/mol. The summed E-state index contributed by atoms with van der Waals surface area (Å²) in [5.41, 5.74) is 5.87. The summed E-state index contributed by atoms with van der Waals surface area (Å²) in [6.45, 7) is 9.52. The van der Waals surface area contributed by atoms with Crippen molar-refractivity contribution in [1.82, 2.24) is 10.2 Å². The van der Waals surface area contributed by atoms with Gasteiger partial charge < -0.3 is 15.1 Å². The zero-order valence-corrected chi connectivity index (χ0v) is 11.6. The molecule has 5 nitrogen and oxygen atoms in total. The fourth-order valence-corrected chi connectivity index (χ4v) is 2.53. The monoisotopic (exact) mass is 252 g/mol. The second kappa shape index (κ2) is 5.26. The van der Waals surface area contributed by atoms with Gasteiger partial charge in [0.1, 0.15) is 0 Å². The molecule has 0 amide bonds. The van der Waals surface area contributed by atoms with Gasteiger partial charge in [-0.15, -0.1) is 5.10 Å². The van der Waals surface area contributed by atoms with Crippen LogP contribution in [0.1, 0.15) is 39.5 Å². The minimum Gasteiger partial charge on any atom is -0.408 e. The number of aromatic nitrogens is 2. The SMILES string of the molecule is CC(C)(C)C1CCN(c2nnc(CCN)o2)CC1. The summed E-state index contributed by atoms with van der Waals surface area (Å²) in [5, 5.41) is 8.11. The lowest BCUT2D eigenvalue weighted by Gasteiger charge is -2.38. The van der Waals surface area contributed by atoms with Gasteiger partial charge in [-0.3, -0.25) is 0 Å². The molecule has 1 aliphatic heterocycles. The molecule has 0 bridgehead atoms. The van der Waals surface area contributed by atoms with Crippen LogP contribution in [0.2, 0.25) is 0 Å². The van der Waals surface area contributed by atoms with E-state index in [1.54, 1.807) is 0 Å². The third-order valence-electron chi connectivity index (χ3n) is 3.80. The molecule has 0 aliphatic carbocycles. The van der Waals surface area contributed by atoms with E-state index in [1.165, 1.54) is 12.8 Å². The molecule has 1 saturated heterocycles. The maximum atomic E-state index is 5.61. The van der Waals surface area contributed by atoms with E-state index in [0.29, 0.717) is 30.3 Å². The molecule has 0 aromatic carbocycles. The van der Waals surface area contributed by atoms with Crippen molar-refractivity contribution >= 4 is 6.01 Å². The Kier molecular flexibility index (Phi) is 3.90. The molecule has 1 aromatic rings. The van der Waals surface area contributed by atoms with Gasteiger partial charge in [-0.2, -0.15) is 0 Å². The summed E-state index contributed by atoms with van der Waals surface area (Å²) in [5.74, 6) is 1.42. The Morgan fingerprint density at radius 3 is 2.50 bits per heavy atom. The maximum absolute atomic E-state index is 5.61. The Labute approximate surface area is 109 Å². The first kappa shape index (κ1) is 13.3. The molecule has 0 atom stereocenters. The summed E-state index contributed by atoms with van der Waals surface area (Å²) >= 11 is 0. The molecule has 2 rings (SSSR count). The molecule has 0 unspecified atom stereocenters. The third-order valence-corrected chi connectivity index (χ3v) is 3.80. The van der Waals surface area contributed by atoms with Crippen LogP contribution < -0.4 is 10.6 Å². The first-order valence-corrected chi connectivity index (χ1v) is 6.78. The second-order valence-electron chi connectivity index (χ2n) is 6.14. The van der Waals surface area contributed by atoms with E-state index >= 15 is 0 Å². The van der Waals surface area contributed by atoms with Gasteiger partial charge in [0.2, 0.25) is 5.89 Å². The Hall–Kier alpha value is -1.10. The quantitative estimate of drug-likeness (QED) is 0.889. The molecule has 5 heteroatoms. The fraction of sp³-hybridized carbons (Fsp3) is 0.846. The first-order chi connectivity index (χ1) is 8.50. The Bertz CT molecular complexity index is 375. The molecule has 2 N–H and O–H groups in total. The summed E-state index contributed by atoms with van der Waals surface area (Å²) in [4.78, 5) is 2.19.